The van der Waals surface area contributed by atoms with E-state index in [1.54, 1.807) is 6.92 Å². The Morgan fingerprint density at radius 1 is 0.484 bits per heavy atom. The number of nitrogens with zero attached hydrogens (tertiary/aromatic N) is 3. The number of carbonyl (C=O) groups is 1. The Kier molecular flexibility index (Phi) is 16.9. The number of piperidine rings is 3. The Morgan fingerprint density at radius 2 is 0.859 bits per heavy atom. The molecule has 0 aromatic heterocycles. The maximum absolute atomic E-state index is 12.3. The van der Waals surface area contributed by atoms with Crippen molar-refractivity contribution in [1.82, 2.24) is 14.7 Å². The number of ether oxygens (including phenoxy) is 8. The van der Waals surface area contributed by atoms with Gasteiger partial charge in [-0.25, -0.2) is 4.79 Å². The molecule has 0 amide bonds. The smallest absolute Gasteiger partial charge is 0.340 e. The number of carbonyl (C=O) groups excluding carboxylic acids is 1. The molecule has 0 aliphatic carbocycles. The molecule has 6 heterocycles. The van der Waals surface area contributed by atoms with Gasteiger partial charge in [-0.15, -0.1) is 0 Å². The molecule has 2 atom stereocenters. The molecule has 2 unspecified atom stereocenters. The molecular formula is C52H99N3O9. The van der Waals surface area contributed by atoms with Gasteiger partial charge in [0.1, 0.15) is 5.60 Å². The Bertz CT molecular complexity index is 1500. The van der Waals surface area contributed by atoms with Gasteiger partial charge in [0.05, 0.1) is 39.6 Å². The second kappa shape index (κ2) is 19.5. The van der Waals surface area contributed by atoms with Crippen molar-refractivity contribution in [1.29, 1.82) is 0 Å². The fourth-order valence-corrected chi connectivity index (χ4v) is 11.8. The molecule has 12 heteroatoms. The lowest BCUT2D eigenvalue weighted by atomic mass is 9.75. The molecule has 3 spiro atoms. The summed E-state index contributed by atoms with van der Waals surface area (Å²) in [6.45, 7) is 43.9. The van der Waals surface area contributed by atoms with Crippen LogP contribution in [0.2, 0.25) is 0 Å². The van der Waals surface area contributed by atoms with Gasteiger partial charge in [0.15, 0.2) is 23.0 Å². The summed E-state index contributed by atoms with van der Waals surface area (Å²) in [5.41, 5.74) is -0.972. The van der Waals surface area contributed by atoms with Crippen LogP contribution in [0.15, 0.2) is 0 Å². The van der Waals surface area contributed by atoms with Crippen LogP contribution in [-0.4, -0.2) is 150 Å². The van der Waals surface area contributed by atoms with E-state index in [4.69, 9.17) is 37.9 Å². The summed E-state index contributed by atoms with van der Waals surface area (Å²) in [5, 5.41) is 0. The number of hydrogen-bond donors (Lipinski definition) is 0. The maximum Gasteiger partial charge on any atom is 0.340 e. The molecule has 6 aliphatic heterocycles. The van der Waals surface area contributed by atoms with Gasteiger partial charge in [-0.3, -0.25) is 14.7 Å². The first-order valence-electron chi connectivity index (χ1n) is 25.0. The lowest BCUT2D eigenvalue weighted by Gasteiger charge is -2.59. The summed E-state index contributed by atoms with van der Waals surface area (Å²) in [6.07, 6.45) is 10.7. The molecule has 6 aliphatic rings. The third-order valence-electron chi connectivity index (χ3n) is 15.9. The molecule has 12 nitrogen and oxygen atoms in total. The molecule has 0 radical (unpaired) electrons. The highest BCUT2D eigenvalue weighted by Crippen LogP contribution is 2.52. The van der Waals surface area contributed by atoms with E-state index < -0.39 is 17.2 Å². The van der Waals surface area contributed by atoms with Crippen molar-refractivity contribution in [2.75, 3.05) is 67.4 Å². The fourth-order valence-electron chi connectivity index (χ4n) is 11.8. The van der Waals surface area contributed by atoms with Crippen LogP contribution >= 0.6 is 0 Å². The van der Waals surface area contributed by atoms with Crippen LogP contribution in [0.5, 0.6) is 0 Å². The molecule has 0 N–H and O–H groups in total. The molecule has 6 rings (SSSR count). The van der Waals surface area contributed by atoms with Crippen molar-refractivity contribution in [3.8, 4) is 0 Å². The monoisotopic (exact) mass is 910 g/mol. The Balaban J connectivity index is 0.000000210. The molecule has 0 saturated carbocycles. The first-order chi connectivity index (χ1) is 29.1. The maximum atomic E-state index is 12.3. The predicted molar refractivity (Wildman–Crippen MR) is 256 cm³/mol. The van der Waals surface area contributed by atoms with Crippen molar-refractivity contribution in [2.45, 2.75) is 257 Å². The number of likely N-dealkylation sites (tertiary alicyclic amines) is 3. The molecule has 0 bridgehead atoms. The van der Waals surface area contributed by atoms with Gasteiger partial charge in [-0.2, -0.15) is 0 Å². The zero-order chi connectivity index (χ0) is 48.7. The first-order valence-corrected chi connectivity index (χ1v) is 25.0. The predicted octanol–water partition coefficient (Wildman–Crippen LogP) is 10.1. The summed E-state index contributed by atoms with van der Waals surface area (Å²) >= 11 is 0. The van der Waals surface area contributed by atoms with Crippen molar-refractivity contribution < 1.29 is 42.7 Å². The van der Waals surface area contributed by atoms with Crippen LogP contribution in [0.25, 0.3) is 0 Å². The average molecular weight is 910 g/mol. The highest BCUT2D eigenvalue weighted by atomic mass is 16.8. The van der Waals surface area contributed by atoms with Gasteiger partial charge in [-0.05, 0) is 137 Å². The number of esters is 1. The van der Waals surface area contributed by atoms with E-state index >= 15 is 0 Å². The fraction of sp³-hybridized carbons (Fsp3) is 0.981. The van der Waals surface area contributed by atoms with Crippen LogP contribution in [0.1, 0.15) is 195 Å². The largest absolute Gasteiger partial charge is 0.464 e. The van der Waals surface area contributed by atoms with Crippen molar-refractivity contribution in [3.63, 3.8) is 0 Å². The topological polar surface area (TPSA) is 101 Å². The van der Waals surface area contributed by atoms with Gasteiger partial charge in [0.25, 0.3) is 0 Å². The van der Waals surface area contributed by atoms with Gasteiger partial charge >= 0.3 is 5.97 Å². The standard InChI is InChI=1S/C18H35NO2.C17H31NO4.C17H33NO3/c1-8-9-10-17(6)13-20-18(21-14-17)11-15(2,3)19(7)16(4,5)12-18;1-8-9-20-13(19)16(6)12-21-17(22-16)10-14(2,3)18(7)15(4,5)11-17;1-8-9-19-12-16(6)13-20-17(21-16)10-14(2,3)18(7)15(4,5)11-17/h8-14H2,1-7H3;8-12H2,1-7H3;8-13H2,1-7H3. The molecule has 6 saturated heterocycles. The van der Waals surface area contributed by atoms with Crippen molar-refractivity contribution >= 4 is 5.97 Å². The zero-order valence-electron chi connectivity index (χ0n) is 45.2. The van der Waals surface area contributed by atoms with Crippen LogP contribution in [-0.2, 0) is 42.7 Å². The van der Waals surface area contributed by atoms with E-state index in [0.717, 1.165) is 71.2 Å². The number of hydrogen-bond acceptors (Lipinski definition) is 12. The van der Waals surface area contributed by atoms with Crippen molar-refractivity contribution in [2.24, 2.45) is 5.41 Å². The van der Waals surface area contributed by atoms with E-state index in [-0.39, 0.29) is 62.6 Å². The second-order valence-electron chi connectivity index (χ2n) is 25.5. The van der Waals surface area contributed by atoms with Gasteiger partial charge < -0.3 is 37.9 Å². The Labute approximate surface area is 392 Å². The van der Waals surface area contributed by atoms with Crippen LogP contribution in [0, 0.1) is 5.41 Å². The van der Waals surface area contributed by atoms with Gasteiger partial charge in [0, 0.05) is 83.8 Å². The lowest BCUT2D eigenvalue weighted by Crippen LogP contribution is -2.67. The normalized spacial score (nSPS) is 32.6. The molecule has 0 aromatic rings. The molecule has 0 aromatic carbocycles. The molecule has 376 valence electrons. The Morgan fingerprint density at radius 3 is 1.27 bits per heavy atom. The summed E-state index contributed by atoms with van der Waals surface area (Å²) in [7, 11) is 6.56. The third kappa shape index (κ3) is 12.6. The summed E-state index contributed by atoms with van der Waals surface area (Å²) in [5.74, 6) is -1.88. The summed E-state index contributed by atoms with van der Waals surface area (Å²) in [6, 6.07) is 0. The first kappa shape index (κ1) is 55.7. The molecule has 6 fully saturated rings. The quantitative estimate of drug-likeness (QED) is 0.154. The average Bonchev–Trinajstić information content (AvgIpc) is 3.66. The van der Waals surface area contributed by atoms with Gasteiger partial charge in [0.2, 0.25) is 0 Å². The van der Waals surface area contributed by atoms with Gasteiger partial charge in [-0.1, -0.05) is 40.5 Å². The number of rotatable bonds is 10. The minimum absolute atomic E-state index is 0.0529. The van der Waals surface area contributed by atoms with E-state index in [1.807, 2.05) is 6.92 Å². The minimum Gasteiger partial charge on any atom is -0.464 e. The Hall–Kier alpha value is -0.930. The van der Waals surface area contributed by atoms with Crippen LogP contribution < -0.4 is 0 Å². The SMILES string of the molecule is CCCCC1(C)COC2(CC(C)(C)N(C)C(C)(C)C2)OC1.CCCOC(=O)C1(C)COC2(CC(C)(C)N(C)C(C)(C)C2)O1.CCCOCC1(C)COC2(CC(C)(C)N(C)C(C)(C)C2)O1. The van der Waals surface area contributed by atoms with E-state index in [9.17, 15) is 4.79 Å². The van der Waals surface area contributed by atoms with E-state index in [2.05, 4.69) is 147 Å². The highest BCUT2D eigenvalue weighted by molar-refractivity contribution is 5.79. The van der Waals surface area contributed by atoms with Crippen LogP contribution in [0.4, 0.5) is 0 Å². The summed E-state index contributed by atoms with van der Waals surface area (Å²) in [4.78, 5) is 19.6. The second-order valence-corrected chi connectivity index (χ2v) is 25.5. The van der Waals surface area contributed by atoms with E-state index in [1.165, 1.54) is 19.3 Å². The minimum atomic E-state index is -1.00. The number of unbranched alkanes of at least 4 members (excludes halogenated alkanes) is 1. The highest BCUT2D eigenvalue weighted by Gasteiger charge is 2.61. The molecular weight excluding hydrogens is 811 g/mol. The summed E-state index contributed by atoms with van der Waals surface area (Å²) < 4.78 is 48.8. The van der Waals surface area contributed by atoms with Crippen molar-refractivity contribution in [3.05, 3.63) is 0 Å². The lowest BCUT2D eigenvalue weighted by molar-refractivity contribution is -0.339. The third-order valence-corrected chi connectivity index (χ3v) is 15.9. The van der Waals surface area contributed by atoms with Crippen LogP contribution in [0.3, 0.4) is 0 Å². The molecule has 64 heavy (non-hydrogen) atoms. The van der Waals surface area contributed by atoms with E-state index in [0.29, 0.717) is 19.8 Å². The zero-order valence-corrected chi connectivity index (χ0v) is 45.2.